The first-order valence-electron chi connectivity index (χ1n) is 7.82. The van der Waals surface area contributed by atoms with Gasteiger partial charge >= 0.3 is 0 Å². The number of methoxy groups -OCH3 is 1. The summed E-state index contributed by atoms with van der Waals surface area (Å²) in [5, 5.41) is 3.26. The summed E-state index contributed by atoms with van der Waals surface area (Å²) in [4.78, 5) is 12.3. The topological polar surface area (TPSA) is 75.7 Å². The Kier molecular flexibility index (Phi) is 6.28. The fourth-order valence-electron chi connectivity index (χ4n) is 2.40. The molecule has 0 heterocycles. The summed E-state index contributed by atoms with van der Waals surface area (Å²) in [6.45, 7) is 3.26. The highest BCUT2D eigenvalue weighted by atomic mass is 35.5. The molecule has 0 aliphatic heterocycles. The Morgan fingerprint density at radius 2 is 1.88 bits per heavy atom. The molecule has 1 amide bonds. The maximum Gasteiger partial charge on any atom is 0.246 e. The molecule has 2 aromatic carbocycles. The molecule has 140 valence electrons. The van der Waals surface area contributed by atoms with E-state index in [4.69, 9.17) is 16.3 Å². The summed E-state index contributed by atoms with van der Waals surface area (Å²) in [5.74, 6) is -0.218. The molecule has 0 aliphatic carbocycles. The third kappa shape index (κ3) is 4.55. The number of amides is 1. The molecule has 0 radical (unpaired) electrons. The first-order chi connectivity index (χ1) is 12.1. The number of hydrogen-bond donors (Lipinski definition) is 1. The molecule has 8 heteroatoms. The standard InChI is InChI=1S/C18H21ClN2O4S/c1-12-5-8-16(25-4)17(9-12)26(23,24)21(3)11-18(22)20-15-7-6-14(19)10-13(15)2/h5-10H,11H2,1-4H3,(H,20,22). The predicted octanol–water partition coefficient (Wildman–Crippen LogP) is 3.22. The molecule has 2 aromatic rings. The van der Waals surface area contributed by atoms with E-state index in [2.05, 4.69) is 5.32 Å². The van der Waals surface area contributed by atoms with Gasteiger partial charge in [0.25, 0.3) is 0 Å². The van der Waals surface area contributed by atoms with Crippen molar-refractivity contribution < 1.29 is 17.9 Å². The van der Waals surface area contributed by atoms with E-state index in [0.717, 1.165) is 15.4 Å². The molecule has 1 N–H and O–H groups in total. The molecule has 2 rings (SSSR count). The van der Waals surface area contributed by atoms with Crippen molar-refractivity contribution in [2.45, 2.75) is 18.7 Å². The lowest BCUT2D eigenvalue weighted by Crippen LogP contribution is -2.35. The van der Waals surface area contributed by atoms with Crippen LogP contribution in [0.1, 0.15) is 11.1 Å². The van der Waals surface area contributed by atoms with Gasteiger partial charge < -0.3 is 10.1 Å². The summed E-state index contributed by atoms with van der Waals surface area (Å²) in [7, 11) is -1.13. The maximum atomic E-state index is 12.8. The van der Waals surface area contributed by atoms with Gasteiger partial charge in [0.15, 0.2) is 0 Å². The second kappa shape index (κ2) is 8.07. The lowest BCUT2D eigenvalue weighted by Gasteiger charge is -2.19. The van der Waals surface area contributed by atoms with Crippen molar-refractivity contribution >= 4 is 33.2 Å². The molecule has 0 bridgehead atoms. The minimum atomic E-state index is -3.88. The molecule has 0 aliphatic rings. The molecule has 0 unspecified atom stereocenters. The number of nitrogens with one attached hydrogen (secondary N) is 1. The molecule has 0 saturated heterocycles. The van der Waals surface area contributed by atoms with Gasteiger partial charge in [-0.05, 0) is 55.3 Å². The van der Waals surface area contributed by atoms with Crippen LogP contribution in [-0.4, -0.2) is 39.3 Å². The smallest absolute Gasteiger partial charge is 0.246 e. The minimum Gasteiger partial charge on any atom is -0.495 e. The molecule has 0 spiro atoms. The number of halogens is 1. The van der Waals surface area contributed by atoms with Crippen LogP contribution >= 0.6 is 11.6 Å². The molecular formula is C18H21ClN2O4S. The van der Waals surface area contributed by atoms with E-state index in [0.29, 0.717) is 10.7 Å². The summed E-state index contributed by atoms with van der Waals surface area (Å²) >= 11 is 5.89. The van der Waals surface area contributed by atoms with Crippen molar-refractivity contribution in [1.82, 2.24) is 4.31 Å². The summed E-state index contributed by atoms with van der Waals surface area (Å²) < 4.78 is 31.8. The second-order valence-corrected chi connectivity index (χ2v) is 8.37. The van der Waals surface area contributed by atoms with Gasteiger partial charge in [-0.2, -0.15) is 4.31 Å². The molecule has 0 aromatic heterocycles. The van der Waals surface area contributed by atoms with Crippen molar-refractivity contribution in [2.24, 2.45) is 0 Å². The third-order valence-corrected chi connectivity index (χ3v) is 5.90. The van der Waals surface area contributed by atoms with Crippen LogP contribution in [0.2, 0.25) is 5.02 Å². The Labute approximate surface area is 158 Å². The monoisotopic (exact) mass is 396 g/mol. The number of rotatable bonds is 6. The highest BCUT2D eigenvalue weighted by Crippen LogP contribution is 2.27. The number of sulfonamides is 1. The van der Waals surface area contributed by atoms with Crippen LogP contribution in [0.5, 0.6) is 5.75 Å². The summed E-state index contributed by atoms with van der Waals surface area (Å²) in [6, 6.07) is 9.91. The Bertz CT molecular complexity index is 929. The quantitative estimate of drug-likeness (QED) is 0.813. The van der Waals surface area contributed by atoms with Crippen LogP contribution in [0.4, 0.5) is 5.69 Å². The van der Waals surface area contributed by atoms with Gasteiger partial charge in [-0.3, -0.25) is 4.79 Å². The third-order valence-electron chi connectivity index (χ3n) is 3.84. The molecule has 26 heavy (non-hydrogen) atoms. The van der Waals surface area contributed by atoms with Gasteiger partial charge in [0.2, 0.25) is 15.9 Å². The van der Waals surface area contributed by atoms with Gasteiger partial charge in [-0.1, -0.05) is 17.7 Å². The molecule has 0 atom stereocenters. The second-order valence-electron chi connectivity index (χ2n) is 5.92. The lowest BCUT2D eigenvalue weighted by molar-refractivity contribution is -0.116. The molecular weight excluding hydrogens is 376 g/mol. The van der Waals surface area contributed by atoms with E-state index in [1.807, 2.05) is 0 Å². The number of aryl methyl sites for hydroxylation is 2. The number of ether oxygens (including phenoxy) is 1. The zero-order valence-corrected chi connectivity index (χ0v) is 16.6. The first-order valence-corrected chi connectivity index (χ1v) is 9.64. The summed E-state index contributed by atoms with van der Waals surface area (Å²) in [5.41, 5.74) is 2.15. The van der Waals surface area contributed by atoms with Crippen molar-refractivity contribution in [1.29, 1.82) is 0 Å². The van der Waals surface area contributed by atoms with Crippen molar-refractivity contribution in [3.8, 4) is 5.75 Å². The van der Waals surface area contributed by atoms with Gasteiger partial charge in [0, 0.05) is 17.8 Å². The van der Waals surface area contributed by atoms with Crippen molar-refractivity contribution in [3.05, 3.63) is 52.5 Å². The highest BCUT2D eigenvalue weighted by Gasteiger charge is 2.26. The zero-order chi connectivity index (χ0) is 19.5. The largest absolute Gasteiger partial charge is 0.495 e. The van der Waals surface area contributed by atoms with Crippen LogP contribution in [-0.2, 0) is 14.8 Å². The van der Waals surface area contributed by atoms with Crippen LogP contribution < -0.4 is 10.1 Å². The Balaban J connectivity index is 2.19. The average Bonchev–Trinajstić information content (AvgIpc) is 2.57. The number of likely N-dealkylation sites (N-methyl/N-ethyl adjacent to an activating group) is 1. The van der Waals surface area contributed by atoms with E-state index < -0.39 is 15.9 Å². The van der Waals surface area contributed by atoms with Crippen molar-refractivity contribution in [3.63, 3.8) is 0 Å². The van der Waals surface area contributed by atoms with Crippen LogP contribution in [0.25, 0.3) is 0 Å². The lowest BCUT2D eigenvalue weighted by atomic mass is 10.2. The Hall–Kier alpha value is -2.09. The average molecular weight is 397 g/mol. The van der Waals surface area contributed by atoms with E-state index >= 15 is 0 Å². The number of carbonyl (C=O) groups excluding carboxylic acids is 1. The van der Waals surface area contributed by atoms with Gasteiger partial charge in [-0.25, -0.2) is 8.42 Å². The van der Waals surface area contributed by atoms with Crippen LogP contribution in [0.3, 0.4) is 0 Å². The number of benzene rings is 2. The Morgan fingerprint density at radius 3 is 2.50 bits per heavy atom. The fourth-order valence-corrected chi connectivity index (χ4v) is 3.99. The fraction of sp³-hybridized carbons (Fsp3) is 0.278. The Morgan fingerprint density at radius 1 is 1.19 bits per heavy atom. The SMILES string of the molecule is COc1ccc(C)cc1S(=O)(=O)N(C)CC(=O)Nc1ccc(Cl)cc1C. The number of carbonyl (C=O) groups is 1. The maximum absolute atomic E-state index is 12.8. The van der Waals surface area contributed by atoms with Gasteiger partial charge in [-0.15, -0.1) is 0 Å². The van der Waals surface area contributed by atoms with Crippen LogP contribution in [0, 0.1) is 13.8 Å². The van der Waals surface area contributed by atoms with E-state index in [1.165, 1.54) is 20.2 Å². The zero-order valence-electron chi connectivity index (χ0n) is 15.0. The number of anilines is 1. The van der Waals surface area contributed by atoms with Gasteiger partial charge in [0.1, 0.15) is 10.6 Å². The molecule has 0 fully saturated rings. The van der Waals surface area contributed by atoms with Crippen molar-refractivity contribution in [2.75, 3.05) is 26.0 Å². The number of hydrogen-bond acceptors (Lipinski definition) is 4. The van der Waals surface area contributed by atoms with E-state index in [9.17, 15) is 13.2 Å². The van der Waals surface area contributed by atoms with E-state index in [1.54, 1.807) is 44.2 Å². The first kappa shape index (κ1) is 20.2. The number of nitrogens with zero attached hydrogens (tertiary/aromatic N) is 1. The molecule has 0 saturated carbocycles. The highest BCUT2D eigenvalue weighted by molar-refractivity contribution is 7.89. The minimum absolute atomic E-state index is 0.0259. The van der Waals surface area contributed by atoms with E-state index in [-0.39, 0.29) is 17.2 Å². The predicted molar refractivity (Wildman–Crippen MR) is 102 cm³/mol. The normalized spacial score (nSPS) is 11.5. The van der Waals surface area contributed by atoms with Gasteiger partial charge in [0.05, 0.1) is 13.7 Å². The molecule has 6 nitrogen and oxygen atoms in total. The summed E-state index contributed by atoms with van der Waals surface area (Å²) in [6.07, 6.45) is 0. The van der Waals surface area contributed by atoms with Crippen LogP contribution in [0.15, 0.2) is 41.3 Å².